The normalized spacial score (nSPS) is 16.8. The molecule has 3 aromatic rings. The fourth-order valence-electron chi connectivity index (χ4n) is 4.46. The van der Waals surface area contributed by atoms with Crippen LogP contribution >= 0.6 is 0 Å². The number of fused-ring (bicyclic) bond motifs is 1. The fraction of sp³-hybridized carbons (Fsp3) is 0.400. The van der Waals surface area contributed by atoms with Crippen LogP contribution in [0.25, 0.3) is 11.0 Å². The zero-order valence-corrected chi connectivity index (χ0v) is 18.5. The van der Waals surface area contributed by atoms with Crippen molar-refractivity contribution in [1.82, 2.24) is 19.0 Å². The summed E-state index contributed by atoms with van der Waals surface area (Å²) in [6.07, 6.45) is 6.35. The zero-order valence-electron chi connectivity index (χ0n) is 18.5. The van der Waals surface area contributed by atoms with Crippen LogP contribution in [0.15, 0.2) is 66.4 Å². The Morgan fingerprint density at radius 2 is 1.94 bits per heavy atom. The predicted octanol–water partition coefficient (Wildman–Crippen LogP) is 2.93. The highest BCUT2D eigenvalue weighted by Gasteiger charge is 2.35. The molecule has 1 saturated heterocycles. The van der Waals surface area contributed by atoms with E-state index in [0.717, 1.165) is 5.56 Å². The van der Waals surface area contributed by atoms with E-state index in [9.17, 15) is 14.7 Å². The third-order valence-corrected chi connectivity index (χ3v) is 6.43. The number of carbonyl (C=O) groups is 1. The monoisotopic (exact) mass is 434 g/mol. The van der Waals surface area contributed by atoms with Gasteiger partial charge >= 0.3 is 0 Å². The van der Waals surface area contributed by atoms with Gasteiger partial charge in [-0.15, -0.1) is 6.58 Å². The van der Waals surface area contributed by atoms with Gasteiger partial charge in [0.2, 0.25) is 5.91 Å². The number of allylic oxidation sites excluding steroid dienone is 1. The molecule has 0 bridgehead atoms. The number of carbonyl (C=O) groups excluding carboxylic acids is 1. The minimum absolute atomic E-state index is 0.103. The lowest BCUT2D eigenvalue weighted by Crippen LogP contribution is -2.49. The van der Waals surface area contributed by atoms with Gasteiger partial charge in [0.1, 0.15) is 5.52 Å². The van der Waals surface area contributed by atoms with Crippen LogP contribution in [0.2, 0.25) is 0 Å². The number of hydrogen-bond acceptors (Lipinski definition) is 4. The molecular formula is C25H30N4O3. The molecule has 1 fully saturated rings. The molecule has 0 saturated carbocycles. The summed E-state index contributed by atoms with van der Waals surface area (Å²) < 4.78 is 3.30. The summed E-state index contributed by atoms with van der Waals surface area (Å²) in [5.74, 6) is 0.249. The standard InChI is InChI=1S/C25H30N4O3/c1-3-12-28-13-9-21-23(28)24(31)29(18-26-21)17-25(32)10-14-27(15-11-25)22(30)16-19(2)20-7-5-4-6-8-20/h3-9,13,18-19,32H,1,10-12,14-17H2,2H3/t19-/m1/s1. The average molecular weight is 435 g/mol. The van der Waals surface area contributed by atoms with Crippen LogP contribution in [0.5, 0.6) is 0 Å². The molecule has 7 nitrogen and oxygen atoms in total. The molecule has 3 heterocycles. The topological polar surface area (TPSA) is 80.4 Å². The van der Waals surface area contributed by atoms with Crippen LogP contribution in [-0.4, -0.2) is 48.7 Å². The second-order valence-corrected chi connectivity index (χ2v) is 8.79. The molecule has 4 rings (SSSR count). The SMILES string of the molecule is C=CCn1ccc2ncn(CC3(O)CCN(C(=O)C[C@@H](C)c4ccccc4)CC3)c(=O)c21. The number of rotatable bonds is 7. The Kier molecular flexibility index (Phi) is 6.28. The van der Waals surface area contributed by atoms with E-state index in [1.54, 1.807) is 12.1 Å². The van der Waals surface area contributed by atoms with Crippen molar-refractivity contribution in [3.05, 3.63) is 77.5 Å². The number of piperidine rings is 1. The molecule has 0 aliphatic carbocycles. The van der Waals surface area contributed by atoms with Crippen LogP contribution in [0.3, 0.4) is 0 Å². The van der Waals surface area contributed by atoms with Gasteiger partial charge in [-0.1, -0.05) is 43.3 Å². The number of likely N-dealkylation sites (tertiary alicyclic amines) is 1. The third kappa shape index (κ3) is 4.53. The van der Waals surface area contributed by atoms with Gasteiger partial charge in [0.05, 0.1) is 24.0 Å². The van der Waals surface area contributed by atoms with Gasteiger partial charge in [-0.25, -0.2) is 4.98 Å². The van der Waals surface area contributed by atoms with Crippen molar-refractivity contribution in [1.29, 1.82) is 0 Å². The first kappa shape index (κ1) is 22.0. The van der Waals surface area contributed by atoms with Gasteiger partial charge in [0, 0.05) is 32.3 Å². The lowest BCUT2D eigenvalue weighted by molar-refractivity contribution is -0.136. The average Bonchev–Trinajstić information content (AvgIpc) is 3.20. The molecule has 7 heteroatoms. The molecule has 1 amide bonds. The predicted molar refractivity (Wildman–Crippen MR) is 124 cm³/mol. The van der Waals surface area contributed by atoms with E-state index in [1.807, 2.05) is 46.0 Å². The first-order valence-electron chi connectivity index (χ1n) is 11.1. The van der Waals surface area contributed by atoms with Crippen LogP contribution in [-0.2, 0) is 17.9 Å². The highest BCUT2D eigenvalue weighted by atomic mass is 16.3. The first-order chi connectivity index (χ1) is 15.4. The zero-order chi connectivity index (χ0) is 22.7. The van der Waals surface area contributed by atoms with Crippen molar-refractivity contribution in [2.45, 2.75) is 50.8 Å². The van der Waals surface area contributed by atoms with Crippen molar-refractivity contribution in [3.63, 3.8) is 0 Å². The number of amides is 1. The summed E-state index contributed by atoms with van der Waals surface area (Å²) in [5.41, 5.74) is 1.08. The minimum atomic E-state index is -1.04. The number of nitrogens with zero attached hydrogens (tertiary/aromatic N) is 4. The lowest BCUT2D eigenvalue weighted by Gasteiger charge is -2.38. The maximum atomic E-state index is 13.0. The molecule has 1 aromatic carbocycles. The molecule has 0 unspecified atom stereocenters. The summed E-state index contributed by atoms with van der Waals surface area (Å²) in [6, 6.07) is 11.8. The van der Waals surface area contributed by atoms with Gasteiger partial charge in [0.25, 0.3) is 5.56 Å². The van der Waals surface area contributed by atoms with Crippen LogP contribution in [0.4, 0.5) is 0 Å². The molecular weight excluding hydrogens is 404 g/mol. The molecule has 0 spiro atoms. The maximum Gasteiger partial charge on any atom is 0.277 e. The molecule has 1 aliphatic heterocycles. The third-order valence-electron chi connectivity index (χ3n) is 6.43. The molecule has 0 radical (unpaired) electrons. The van der Waals surface area contributed by atoms with E-state index in [-0.39, 0.29) is 23.9 Å². The van der Waals surface area contributed by atoms with Gasteiger partial charge < -0.3 is 14.6 Å². The summed E-state index contributed by atoms with van der Waals surface area (Å²) in [4.78, 5) is 32.0. The molecule has 32 heavy (non-hydrogen) atoms. The second kappa shape index (κ2) is 9.12. The van der Waals surface area contributed by atoms with E-state index in [1.165, 1.54) is 10.9 Å². The van der Waals surface area contributed by atoms with E-state index < -0.39 is 5.60 Å². The Bertz CT molecular complexity index is 1160. The van der Waals surface area contributed by atoms with Crippen molar-refractivity contribution < 1.29 is 9.90 Å². The van der Waals surface area contributed by atoms with Gasteiger partial charge in [-0.05, 0) is 30.4 Å². The number of aromatic nitrogens is 3. The second-order valence-electron chi connectivity index (χ2n) is 8.79. The fourth-order valence-corrected chi connectivity index (χ4v) is 4.46. The van der Waals surface area contributed by atoms with E-state index in [4.69, 9.17) is 0 Å². The Morgan fingerprint density at radius 3 is 2.62 bits per heavy atom. The van der Waals surface area contributed by atoms with Crippen molar-refractivity contribution in [2.24, 2.45) is 0 Å². The Labute approximate surface area is 187 Å². The Hall–Kier alpha value is -3.19. The van der Waals surface area contributed by atoms with E-state index >= 15 is 0 Å². The largest absolute Gasteiger partial charge is 0.388 e. The van der Waals surface area contributed by atoms with E-state index in [2.05, 4.69) is 18.5 Å². The maximum absolute atomic E-state index is 13.0. The highest BCUT2D eigenvalue weighted by molar-refractivity contribution is 5.77. The molecule has 1 aliphatic rings. The molecule has 168 valence electrons. The molecule has 1 N–H and O–H groups in total. The first-order valence-corrected chi connectivity index (χ1v) is 11.1. The summed E-state index contributed by atoms with van der Waals surface area (Å²) >= 11 is 0. The van der Waals surface area contributed by atoms with Gasteiger partial charge in [-0.3, -0.25) is 14.2 Å². The summed E-state index contributed by atoms with van der Waals surface area (Å²) in [7, 11) is 0. The van der Waals surface area contributed by atoms with Crippen molar-refractivity contribution >= 4 is 16.9 Å². The smallest absolute Gasteiger partial charge is 0.277 e. The Morgan fingerprint density at radius 1 is 1.22 bits per heavy atom. The number of hydrogen-bond donors (Lipinski definition) is 1. The van der Waals surface area contributed by atoms with Crippen LogP contribution < -0.4 is 5.56 Å². The van der Waals surface area contributed by atoms with Gasteiger partial charge in [0.15, 0.2) is 0 Å². The van der Waals surface area contributed by atoms with Crippen molar-refractivity contribution in [3.8, 4) is 0 Å². The van der Waals surface area contributed by atoms with Crippen molar-refractivity contribution in [2.75, 3.05) is 13.1 Å². The van der Waals surface area contributed by atoms with Crippen LogP contribution in [0.1, 0.15) is 37.7 Å². The lowest BCUT2D eigenvalue weighted by atomic mass is 9.90. The van der Waals surface area contributed by atoms with Gasteiger partial charge in [-0.2, -0.15) is 0 Å². The molecule has 2 aromatic heterocycles. The quantitative estimate of drug-likeness (QED) is 0.580. The molecule has 1 atom stereocenters. The van der Waals surface area contributed by atoms with E-state index in [0.29, 0.717) is 49.9 Å². The minimum Gasteiger partial charge on any atom is -0.388 e. The summed E-state index contributed by atoms with van der Waals surface area (Å²) in [6.45, 7) is 7.44. The number of benzene rings is 1. The Balaban J connectivity index is 1.40. The van der Waals surface area contributed by atoms with Crippen LogP contribution in [0, 0.1) is 0 Å². The number of aliphatic hydroxyl groups is 1. The highest BCUT2D eigenvalue weighted by Crippen LogP contribution is 2.26. The summed E-state index contributed by atoms with van der Waals surface area (Å²) in [5, 5.41) is 11.2.